The largest absolute Gasteiger partial charge is 0.523 e. The lowest BCUT2D eigenvalue weighted by atomic mass is 10.2. The first-order valence-corrected chi connectivity index (χ1v) is 5.60. The zero-order valence-corrected chi connectivity index (χ0v) is 10.0. The molecule has 18 heavy (non-hydrogen) atoms. The van der Waals surface area contributed by atoms with Crippen LogP contribution in [0.15, 0.2) is 0 Å². The lowest BCUT2D eigenvalue weighted by Gasteiger charge is -2.15. The molecule has 0 aliphatic rings. The van der Waals surface area contributed by atoms with Gasteiger partial charge in [0, 0.05) is 0 Å². The van der Waals surface area contributed by atoms with Crippen LogP contribution in [0.1, 0.15) is 6.42 Å². The Hall–Kier alpha value is -1.36. The highest BCUT2D eigenvalue weighted by Gasteiger charge is 2.50. The van der Waals surface area contributed by atoms with Crippen LogP contribution in [0.2, 0.25) is 0 Å². The number of ether oxygens (including phenoxy) is 2. The molecule has 0 aromatic carbocycles. The Bertz CT molecular complexity index is 413. The molecule has 0 spiro atoms. The van der Waals surface area contributed by atoms with Crippen molar-refractivity contribution in [3.8, 4) is 0 Å². The van der Waals surface area contributed by atoms with Crippen molar-refractivity contribution < 1.29 is 44.8 Å². The molecule has 0 N–H and O–H groups in total. The second kappa shape index (κ2) is 6.00. The summed E-state index contributed by atoms with van der Waals surface area (Å²) in [7, 11) is -4.33. The number of methoxy groups -OCH3 is 2. The molecule has 0 aliphatic heterocycles. The summed E-state index contributed by atoms with van der Waals surface area (Å²) in [6, 6.07) is 0. The molecule has 1 atom stereocenters. The zero-order valence-electron chi connectivity index (χ0n) is 9.18. The molecule has 11 heteroatoms. The Morgan fingerprint density at radius 1 is 1.17 bits per heavy atom. The predicted molar refractivity (Wildman–Crippen MR) is 48.5 cm³/mol. The van der Waals surface area contributed by atoms with Crippen molar-refractivity contribution in [1.82, 2.24) is 0 Å². The quantitative estimate of drug-likeness (QED) is 0.398. The van der Waals surface area contributed by atoms with E-state index in [0.29, 0.717) is 0 Å². The van der Waals surface area contributed by atoms with Crippen LogP contribution in [0, 0.1) is 0 Å². The molecule has 0 aromatic rings. The fourth-order valence-electron chi connectivity index (χ4n) is 0.730. The van der Waals surface area contributed by atoms with E-state index < -0.39 is 40.1 Å². The van der Waals surface area contributed by atoms with Crippen molar-refractivity contribution in [2.45, 2.75) is 18.0 Å². The van der Waals surface area contributed by atoms with Gasteiger partial charge in [-0.25, -0.2) is 8.98 Å². The standard InChI is InChI=1S/C7H9F3O7S/c1-15-5(11)3-4(6(12)16-2)17-18(13,14)7(8,9)10/h4H,3H2,1-2H3/t4-/m1/s1. The summed E-state index contributed by atoms with van der Waals surface area (Å²) in [5.74, 6) is -2.59. The van der Waals surface area contributed by atoms with E-state index in [0.717, 1.165) is 14.2 Å². The van der Waals surface area contributed by atoms with Crippen molar-refractivity contribution in [3.05, 3.63) is 0 Å². The SMILES string of the molecule is COC(=O)C[C@@H](OS(=O)(=O)C(F)(F)F)C(=O)OC. The molecule has 0 fully saturated rings. The fraction of sp³-hybridized carbons (Fsp3) is 0.714. The van der Waals surface area contributed by atoms with Crippen LogP contribution in [0.25, 0.3) is 0 Å². The minimum Gasteiger partial charge on any atom is -0.469 e. The number of hydrogen-bond acceptors (Lipinski definition) is 7. The normalized spacial score (nSPS) is 13.8. The molecule has 0 saturated heterocycles. The summed E-state index contributed by atoms with van der Waals surface area (Å²) >= 11 is 0. The third-order valence-corrected chi connectivity index (χ3v) is 2.62. The zero-order chi connectivity index (χ0) is 14.6. The van der Waals surface area contributed by atoms with Gasteiger partial charge in [0.2, 0.25) is 0 Å². The molecule has 0 rings (SSSR count). The third kappa shape index (κ3) is 4.49. The summed E-state index contributed by atoms with van der Waals surface area (Å²) in [4.78, 5) is 21.8. The average molecular weight is 294 g/mol. The maximum atomic E-state index is 12.0. The van der Waals surface area contributed by atoms with Crippen molar-refractivity contribution >= 4 is 22.1 Å². The fourth-order valence-corrected chi connectivity index (χ4v) is 1.29. The summed E-state index contributed by atoms with van der Waals surface area (Å²) < 4.78 is 69.0. The molecule has 0 unspecified atom stereocenters. The molecule has 7 nitrogen and oxygen atoms in total. The minimum absolute atomic E-state index is 0.788. The van der Waals surface area contributed by atoms with E-state index >= 15 is 0 Å². The maximum Gasteiger partial charge on any atom is 0.523 e. The number of hydrogen-bond donors (Lipinski definition) is 0. The summed E-state index contributed by atoms with van der Waals surface area (Å²) in [5, 5.41) is 0. The van der Waals surface area contributed by atoms with Gasteiger partial charge in [-0.2, -0.15) is 21.6 Å². The van der Waals surface area contributed by atoms with Crippen LogP contribution in [0.5, 0.6) is 0 Å². The Kier molecular flexibility index (Phi) is 5.55. The van der Waals surface area contributed by atoms with Gasteiger partial charge >= 0.3 is 27.6 Å². The highest BCUT2D eigenvalue weighted by molar-refractivity contribution is 7.87. The number of halogens is 3. The first-order chi connectivity index (χ1) is 8.05. The molecular weight excluding hydrogens is 285 g/mol. The Morgan fingerprint density at radius 2 is 1.67 bits per heavy atom. The molecule has 0 amide bonds. The maximum absolute atomic E-state index is 12.0. The Balaban J connectivity index is 5.03. The summed E-state index contributed by atoms with van der Waals surface area (Å²) in [6.07, 6.45) is -3.28. The molecule has 0 saturated carbocycles. The van der Waals surface area contributed by atoms with Crippen LogP contribution in [0.3, 0.4) is 0 Å². The van der Waals surface area contributed by atoms with Crippen LogP contribution >= 0.6 is 0 Å². The van der Waals surface area contributed by atoms with E-state index in [1.165, 1.54) is 0 Å². The minimum atomic E-state index is -6.01. The van der Waals surface area contributed by atoms with Crippen molar-refractivity contribution in [2.24, 2.45) is 0 Å². The van der Waals surface area contributed by atoms with E-state index in [1.54, 1.807) is 0 Å². The molecule has 0 aliphatic carbocycles. The monoisotopic (exact) mass is 294 g/mol. The predicted octanol–water partition coefficient (Wildman–Crippen LogP) is -0.0427. The van der Waals surface area contributed by atoms with E-state index in [-0.39, 0.29) is 0 Å². The van der Waals surface area contributed by atoms with Gasteiger partial charge in [-0.1, -0.05) is 0 Å². The molecule has 0 radical (unpaired) electrons. The second-order valence-corrected chi connectivity index (χ2v) is 4.35. The Labute approximate surface area is 99.9 Å². The highest BCUT2D eigenvalue weighted by Crippen LogP contribution is 2.26. The van der Waals surface area contributed by atoms with Gasteiger partial charge in [0.25, 0.3) is 0 Å². The van der Waals surface area contributed by atoms with Crippen LogP contribution in [-0.2, 0) is 33.4 Å². The molecule has 0 heterocycles. The third-order valence-electron chi connectivity index (χ3n) is 1.57. The van der Waals surface area contributed by atoms with Crippen molar-refractivity contribution in [2.75, 3.05) is 14.2 Å². The first-order valence-electron chi connectivity index (χ1n) is 4.19. The molecular formula is C7H9F3O7S. The number of rotatable bonds is 5. The van der Waals surface area contributed by atoms with E-state index in [9.17, 15) is 31.2 Å². The van der Waals surface area contributed by atoms with Gasteiger partial charge in [-0.3, -0.25) is 4.79 Å². The Morgan fingerprint density at radius 3 is 2.00 bits per heavy atom. The number of carbonyl (C=O) groups excluding carboxylic acids is 2. The van der Waals surface area contributed by atoms with Gasteiger partial charge in [0.05, 0.1) is 20.6 Å². The smallest absolute Gasteiger partial charge is 0.469 e. The summed E-state index contributed by atoms with van der Waals surface area (Å²) in [5.41, 5.74) is -5.71. The van der Waals surface area contributed by atoms with Crippen molar-refractivity contribution in [3.63, 3.8) is 0 Å². The first kappa shape index (κ1) is 16.6. The molecule has 0 bridgehead atoms. The number of carbonyl (C=O) groups is 2. The van der Waals surface area contributed by atoms with E-state index in [1.807, 2.05) is 0 Å². The second-order valence-electron chi connectivity index (χ2n) is 2.79. The lowest BCUT2D eigenvalue weighted by Crippen LogP contribution is -2.36. The number of esters is 2. The highest BCUT2D eigenvalue weighted by atomic mass is 32.2. The lowest BCUT2D eigenvalue weighted by molar-refractivity contribution is -0.156. The van der Waals surface area contributed by atoms with Gasteiger partial charge in [0.15, 0.2) is 6.10 Å². The molecule has 0 aromatic heterocycles. The van der Waals surface area contributed by atoms with Gasteiger partial charge in [-0.05, 0) is 0 Å². The van der Waals surface area contributed by atoms with Crippen LogP contribution < -0.4 is 0 Å². The van der Waals surface area contributed by atoms with Crippen molar-refractivity contribution in [1.29, 1.82) is 0 Å². The topological polar surface area (TPSA) is 96.0 Å². The van der Waals surface area contributed by atoms with Crippen LogP contribution in [0.4, 0.5) is 13.2 Å². The average Bonchev–Trinajstić information content (AvgIpc) is 2.24. The van der Waals surface area contributed by atoms with Crippen LogP contribution in [-0.4, -0.2) is 46.2 Å². The van der Waals surface area contributed by atoms with Gasteiger partial charge in [0.1, 0.15) is 0 Å². The van der Waals surface area contributed by atoms with E-state index in [2.05, 4.69) is 13.7 Å². The molecule has 106 valence electrons. The van der Waals surface area contributed by atoms with E-state index in [4.69, 9.17) is 0 Å². The van der Waals surface area contributed by atoms with Gasteiger partial charge < -0.3 is 9.47 Å². The summed E-state index contributed by atoms with van der Waals surface area (Å²) in [6.45, 7) is 0. The van der Waals surface area contributed by atoms with Gasteiger partial charge in [-0.15, -0.1) is 0 Å². The number of alkyl halides is 3.